The fraction of sp³-hybridized carbons (Fsp3) is 0.500. The van der Waals surface area contributed by atoms with E-state index in [0.717, 1.165) is 32.2 Å². The third-order valence-corrected chi connectivity index (χ3v) is 3.53. The quantitative estimate of drug-likeness (QED) is 0.503. The van der Waals surface area contributed by atoms with E-state index >= 15 is 0 Å². The van der Waals surface area contributed by atoms with Gasteiger partial charge in [-0.3, -0.25) is 4.90 Å². The molecule has 1 aliphatic heterocycles. The standard InChI is InChI=1S/C12H18BF3N3.K/c1-9-10(8-19-4-2-18-3-5-19)6-11(17)7-12(9)13(14,15)16;/h6-7,18H,2-5,8,17H2,1H3;/q-1;+1. The van der Waals surface area contributed by atoms with Crippen molar-refractivity contribution in [3.63, 3.8) is 0 Å². The molecule has 20 heavy (non-hydrogen) atoms. The summed E-state index contributed by atoms with van der Waals surface area (Å²) in [5.41, 5.74) is 6.21. The SMILES string of the molecule is Cc1c(CN2CCNCC2)cc(N)cc1[B-](F)(F)F.[K+]. The fourth-order valence-electron chi connectivity index (χ4n) is 2.44. The van der Waals surface area contributed by atoms with Crippen LogP contribution in [-0.4, -0.2) is 38.1 Å². The van der Waals surface area contributed by atoms with Crippen LogP contribution in [0.25, 0.3) is 0 Å². The van der Waals surface area contributed by atoms with Gasteiger partial charge in [0.2, 0.25) is 0 Å². The van der Waals surface area contributed by atoms with Gasteiger partial charge in [-0.05, 0) is 18.6 Å². The monoisotopic (exact) mass is 311 g/mol. The second-order valence-electron chi connectivity index (χ2n) is 5.00. The summed E-state index contributed by atoms with van der Waals surface area (Å²) >= 11 is 0. The molecule has 1 fully saturated rings. The summed E-state index contributed by atoms with van der Waals surface area (Å²) in [6.45, 7) is 0.486. The van der Waals surface area contributed by atoms with Crippen molar-refractivity contribution in [1.82, 2.24) is 10.2 Å². The van der Waals surface area contributed by atoms with Crippen LogP contribution in [0.4, 0.5) is 18.6 Å². The molecule has 1 saturated heterocycles. The summed E-state index contributed by atoms with van der Waals surface area (Å²) in [6, 6.07) is 2.69. The molecule has 1 aromatic carbocycles. The van der Waals surface area contributed by atoms with Gasteiger partial charge >= 0.3 is 58.4 Å². The summed E-state index contributed by atoms with van der Waals surface area (Å²) in [6.07, 6.45) is 0. The van der Waals surface area contributed by atoms with Crippen molar-refractivity contribution in [2.24, 2.45) is 0 Å². The van der Waals surface area contributed by atoms with Crippen LogP contribution >= 0.6 is 0 Å². The van der Waals surface area contributed by atoms with E-state index in [-0.39, 0.29) is 57.1 Å². The summed E-state index contributed by atoms with van der Waals surface area (Å²) < 4.78 is 38.9. The molecule has 1 aromatic rings. The van der Waals surface area contributed by atoms with E-state index in [2.05, 4.69) is 10.2 Å². The first-order valence-electron chi connectivity index (χ1n) is 6.40. The Balaban J connectivity index is 0.00000200. The zero-order valence-corrected chi connectivity index (χ0v) is 15.0. The van der Waals surface area contributed by atoms with Crippen molar-refractivity contribution >= 4 is 18.1 Å². The maximum absolute atomic E-state index is 13.0. The number of rotatable bonds is 3. The van der Waals surface area contributed by atoms with Crippen molar-refractivity contribution in [2.75, 3.05) is 31.9 Å². The number of anilines is 1. The molecule has 2 rings (SSSR count). The zero-order chi connectivity index (χ0) is 14.0. The maximum atomic E-state index is 13.0. The van der Waals surface area contributed by atoms with Crippen LogP contribution in [0.5, 0.6) is 0 Å². The molecule has 0 radical (unpaired) electrons. The van der Waals surface area contributed by atoms with E-state index in [1.54, 1.807) is 6.07 Å². The van der Waals surface area contributed by atoms with Crippen molar-refractivity contribution in [1.29, 1.82) is 0 Å². The van der Waals surface area contributed by atoms with Crippen LogP contribution < -0.4 is 67.9 Å². The molecular formula is C12H18BF3KN3. The first-order valence-corrected chi connectivity index (χ1v) is 6.40. The summed E-state index contributed by atoms with van der Waals surface area (Å²) in [5.74, 6) is 0. The van der Waals surface area contributed by atoms with E-state index < -0.39 is 12.4 Å². The molecule has 1 heterocycles. The predicted molar refractivity (Wildman–Crippen MR) is 72.5 cm³/mol. The first kappa shape index (κ1) is 18.5. The van der Waals surface area contributed by atoms with Gasteiger partial charge in [0.05, 0.1) is 0 Å². The molecule has 0 saturated carbocycles. The third kappa shape index (κ3) is 4.72. The molecule has 0 bridgehead atoms. The average molecular weight is 311 g/mol. The smallest absolute Gasteiger partial charge is 0.445 e. The Bertz CT molecular complexity index is 462. The van der Waals surface area contributed by atoms with Gasteiger partial charge in [-0.15, -0.1) is 5.46 Å². The molecule has 0 amide bonds. The topological polar surface area (TPSA) is 41.3 Å². The number of halogens is 3. The second kappa shape index (κ2) is 7.62. The molecule has 0 aromatic heterocycles. The number of nitrogens with zero attached hydrogens (tertiary/aromatic N) is 1. The van der Waals surface area contributed by atoms with Crippen LogP contribution in [-0.2, 0) is 6.54 Å². The Labute approximate surface area is 159 Å². The number of nitrogens with two attached hydrogens (primary N) is 1. The minimum absolute atomic E-state index is 0. The van der Waals surface area contributed by atoms with Crippen molar-refractivity contribution in [3.05, 3.63) is 23.3 Å². The molecular weight excluding hydrogens is 293 g/mol. The minimum atomic E-state index is -5.01. The molecule has 0 spiro atoms. The van der Waals surface area contributed by atoms with Crippen LogP contribution in [0.1, 0.15) is 11.1 Å². The molecule has 3 nitrogen and oxygen atoms in total. The molecule has 106 valence electrons. The van der Waals surface area contributed by atoms with Gasteiger partial charge in [0.15, 0.2) is 0 Å². The number of benzene rings is 1. The van der Waals surface area contributed by atoms with Gasteiger partial charge in [0.1, 0.15) is 0 Å². The predicted octanol–water partition coefficient (Wildman–Crippen LogP) is -1.96. The number of nitrogen functional groups attached to an aromatic ring is 1. The molecule has 8 heteroatoms. The number of nitrogens with one attached hydrogen (secondary N) is 1. The van der Waals surface area contributed by atoms with Crippen molar-refractivity contribution in [3.8, 4) is 0 Å². The average Bonchev–Trinajstić information content (AvgIpc) is 2.33. The normalized spacial score (nSPS) is 16.8. The van der Waals surface area contributed by atoms with Crippen LogP contribution in [0.2, 0.25) is 0 Å². The first-order chi connectivity index (χ1) is 8.88. The Hall–Kier alpha value is 0.431. The zero-order valence-electron chi connectivity index (χ0n) is 11.9. The largest absolute Gasteiger partial charge is 1.00 e. The van der Waals surface area contributed by atoms with Crippen molar-refractivity contribution in [2.45, 2.75) is 13.5 Å². The molecule has 0 unspecified atom stereocenters. The molecule has 1 aliphatic rings. The summed E-state index contributed by atoms with van der Waals surface area (Å²) in [5, 5.41) is 3.22. The Kier molecular flexibility index (Phi) is 7.04. The minimum Gasteiger partial charge on any atom is -0.445 e. The van der Waals surface area contributed by atoms with Gasteiger partial charge in [-0.1, -0.05) is 11.6 Å². The van der Waals surface area contributed by atoms with Gasteiger partial charge in [-0.25, -0.2) is 0 Å². The number of hydrogen-bond acceptors (Lipinski definition) is 3. The Morgan fingerprint density at radius 1 is 1.25 bits per heavy atom. The van der Waals surface area contributed by atoms with E-state index in [4.69, 9.17) is 5.73 Å². The van der Waals surface area contributed by atoms with Crippen LogP contribution in [0, 0.1) is 6.92 Å². The third-order valence-electron chi connectivity index (χ3n) is 3.53. The van der Waals surface area contributed by atoms with E-state index in [0.29, 0.717) is 17.7 Å². The van der Waals surface area contributed by atoms with E-state index in [9.17, 15) is 12.9 Å². The van der Waals surface area contributed by atoms with Gasteiger partial charge in [-0.2, -0.15) is 0 Å². The molecule has 0 aliphatic carbocycles. The second-order valence-corrected chi connectivity index (χ2v) is 5.00. The number of piperazine rings is 1. The maximum Gasteiger partial charge on any atom is 1.00 e. The van der Waals surface area contributed by atoms with Crippen LogP contribution in [0.3, 0.4) is 0 Å². The van der Waals surface area contributed by atoms with Gasteiger partial charge < -0.3 is 24.0 Å². The summed E-state index contributed by atoms with van der Waals surface area (Å²) in [4.78, 5) is 2.14. The van der Waals surface area contributed by atoms with E-state index in [1.165, 1.54) is 6.92 Å². The van der Waals surface area contributed by atoms with E-state index in [1.807, 2.05) is 0 Å². The van der Waals surface area contributed by atoms with Gasteiger partial charge in [0.25, 0.3) is 0 Å². The van der Waals surface area contributed by atoms with Crippen molar-refractivity contribution < 1.29 is 64.3 Å². The number of hydrogen-bond donors (Lipinski definition) is 2. The Morgan fingerprint density at radius 3 is 2.40 bits per heavy atom. The van der Waals surface area contributed by atoms with Gasteiger partial charge in [0, 0.05) is 38.4 Å². The Morgan fingerprint density at radius 2 is 1.85 bits per heavy atom. The summed E-state index contributed by atoms with van der Waals surface area (Å²) in [7, 11) is 0. The molecule has 0 atom stereocenters. The molecule has 3 N–H and O–H groups in total. The van der Waals surface area contributed by atoms with Crippen LogP contribution in [0.15, 0.2) is 12.1 Å². The fourth-order valence-corrected chi connectivity index (χ4v) is 2.44.